The molecule has 11 nitrogen and oxygen atoms in total. The molecule has 616 valence electrons. The maximum Gasteiger partial charge on any atom is 0.437 e. The Balaban J connectivity index is 0.000000237. The predicted molar refractivity (Wildman–Crippen MR) is 390 cm³/mol. The molecule has 10 aromatic carbocycles. The molecule has 0 aliphatic rings. The minimum absolute atomic E-state index is 0.0173. The van der Waals surface area contributed by atoms with Crippen LogP contribution in [0.5, 0.6) is 28.7 Å². The third-order valence-electron chi connectivity index (χ3n) is 16.7. The largest absolute Gasteiger partial charge is 0.497 e. The fourth-order valence-electron chi connectivity index (χ4n) is 10.9. The molecule has 0 heterocycles. The number of methoxy groups -OCH3 is 1. The van der Waals surface area contributed by atoms with Gasteiger partial charge in [0, 0.05) is 33.7 Å². The quantitative estimate of drug-likeness (QED) is 0.00731. The Hall–Kier alpha value is -11.1. The molecule has 10 aromatic rings. The van der Waals surface area contributed by atoms with Crippen molar-refractivity contribution in [3.63, 3.8) is 0 Å². The van der Waals surface area contributed by atoms with E-state index in [1.807, 2.05) is 54.6 Å². The summed E-state index contributed by atoms with van der Waals surface area (Å²) in [6.45, 7) is 10.8. The third-order valence-corrected chi connectivity index (χ3v) is 17.3. The maximum atomic E-state index is 14.1. The number of ether oxygens (including phenoxy) is 4. The number of oxime groups is 1. The number of benzene rings is 10. The van der Waals surface area contributed by atoms with E-state index in [1.165, 1.54) is 49.1 Å². The summed E-state index contributed by atoms with van der Waals surface area (Å²) >= 11 is -0.625. The first-order valence-corrected chi connectivity index (χ1v) is 35.2. The van der Waals surface area contributed by atoms with Crippen molar-refractivity contribution in [1.82, 2.24) is 0 Å². The topological polar surface area (TPSA) is 114 Å². The highest BCUT2D eigenvalue weighted by molar-refractivity contribution is 7.94. The molecule has 34 heteroatoms. The van der Waals surface area contributed by atoms with E-state index in [9.17, 15) is 96.6 Å². The van der Waals surface area contributed by atoms with E-state index in [0.29, 0.717) is 23.2 Å². The molecule has 0 saturated heterocycles. The highest BCUT2D eigenvalue weighted by Crippen LogP contribution is 2.38. The van der Waals surface area contributed by atoms with Crippen LogP contribution in [0.2, 0.25) is 0 Å². The number of para-hydroxylation sites is 1. The standard InChI is InChI=1S/C32H16F16N2O5S.C30H34F3NO.C20H16F3NO/c33-18-17(19(34)21(36)22(37)20(18)35)12-49-29(31(43,44)45)13-2-6-15(7-3-13)51-10-1-11-52-16-8-4-14(5-9-16)30(32(46,47)48)50-53-54-55-56-28-26(41)24(39)23(38)25(40)27(28)42;1-19(2)23-16-26(20(3)4)28(27(17-23)21(5)6)18-34-29(30(31,32)33)22-12-14-25(15-13-22)35-24-10-8-7-9-11-24;1-25-18-10-8-16(9-11-18)19(20(21,22)23)24-13-14-6-7-15-4-2-3-5-17(15)12-14/h2-9H,1,10-12H2;7-17,19-21H,18H2,1-6H3;2-12H,13H2,1H3/b49-29?,50-30+;;. The van der Waals surface area contributed by atoms with Crippen molar-refractivity contribution in [3.05, 3.63) is 296 Å². The number of rotatable bonds is 27. The van der Waals surface area contributed by atoms with Crippen LogP contribution in [0.25, 0.3) is 10.8 Å². The Morgan fingerprint density at radius 1 is 0.362 bits per heavy atom. The van der Waals surface area contributed by atoms with Gasteiger partial charge < -0.3 is 18.9 Å². The summed E-state index contributed by atoms with van der Waals surface area (Å²) in [4.78, 5) is 13.3. The Morgan fingerprint density at radius 3 is 1.16 bits per heavy atom. The van der Waals surface area contributed by atoms with Crippen molar-refractivity contribution < 1.29 is 130 Å². The first-order valence-electron chi connectivity index (χ1n) is 34.5. The molecule has 10 rings (SSSR count). The monoisotopic (exact) mass is 1670 g/mol. The zero-order valence-corrected chi connectivity index (χ0v) is 62.5. The molecule has 0 bridgehead atoms. The lowest BCUT2D eigenvalue weighted by Crippen LogP contribution is -2.24. The van der Waals surface area contributed by atoms with Crippen molar-refractivity contribution in [3.8, 4) is 28.7 Å². The maximum absolute atomic E-state index is 14.1. The first-order chi connectivity index (χ1) is 54.7. The summed E-state index contributed by atoms with van der Waals surface area (Å²) in [7, 11) is 1.47. The van der Waals surface area contributed by atoms with Gasteiger partial charge in [0.2, 0.25) is 11.6 Å². The SMILES string of the molecule is CC(C)c1cc(C(C)C)c(CN=C(c2ccc(Oc3ccccc3)cc2)C(F)(F)F)c(C(C)C)c1.COc1ccc(C(=NCc2ccc3ccccc3c2)C(F)(F)F)cc1.Fc1c(F)c(F)c(CN=C(c2ccc(OCCCOc3ccc(/C(=N\OOOSc4c(F)c(F)c(F)c(F)c4F)C(F)(F)F)cc3)cc2)C(F)(F)F)c(F)c1F. The lowest BCUT2D eigenvalue weighted by Gasteiger charge is -2.22. The molecule has 0 unspecified atom stereocenters. The molecule has 0 spiro atoms. The Labute approximate surface area is 653 Å². The zero-order chi connectivity index (χ0) is 85.1. The molecular formula is C82H66F22N4O7S. The van der Waals surface area contributed by atoms with E-state index in [2.05, 4.69) is 88.2 Å². The first kappa shape index (κ1) is 90.4. The van der Waals surface area contributed by atoms with E-state index in [4.69, 9.17) is 18.9 Å². The number of halogens is 22. The minimum atomic E-state index is -5.22. The molecule has 0 aliphatic carbocycles. The number of hydrogen-bond acceptors (Lipinski definition) is 12. The van der Waals surface area contributed by atoms with Gasteiger partial charge in [0.15, 0.2) is 52.2 Å². The van der Waals surface area contributed by atoms with Gasteiger partial charge in [-0.05, 0) is 177 Å². The lowest BCUT2D eigenvalue weighted by atomic mass is 9.84. The van der Waals surface area contributed by atoms with Gasteiger partial charge in [-0.2, -0.15) is 57.7 Å². The molecule has 0 radical (unpaired) electrons. The molecule has 0 aliphatic heterocycles. The number of fused-ring (bicyclic) bond motifs is 1. The highest BCUT2D eigenvalue weighted by atomic mass is 32.2. The molecule has 116 heavy (non-hydrogen) atoms. The summed E-state index contributed by atoms with van der Waals surface area (Å²) in [6.07, 6.45) is -19.4. The molecular weight excluding hydrogens is 1600 g/mol. The third kappa shape index (κ3) is 24.2. The fraction of sp³-hybridized carbons (Fsp3) is 0.244. The summed E-state index contributed by atoms with van der Waals surface area (Å²) in [6, 6.07) is 46.0. The van der Waals surface area contributed by atoms with Crippen LogP contribution < -0.4 is 18.9 Å². The van der Waals surface area contributed by atoms with Gasteiger partial charge in [-0.25, -0.2) is 43.9 Å². The normalized spacial score (nSPS) is 12.6. The van der Waals surface area contributed by atoms with E-state index < -0.39 is 146 Å². The van der Waals surface area contributed by atoms with Gasteiger partial charge in [-0.3, -0.25) is 15.0 Å². The van der Waals surface area contributed by atoms with Crippen LogP contribution in [0, 0.1) is 58.2 Å². The Kier molecular flexibility index (Phi) is 31.1. The fourth-order valence-corrected chi connectivity index (χ4v) is 11.3. The number of hydrogen-bond donors (Lipinski definition) is 0. The van der Waals surface area contributed by atoms with E-state index in [0.717, 1.165) is 81.6 Å². The van der Waals surface area contributed by atoms with Gasteiger partial charge in [0.05, 0.1) is 57.6 Å². The van der Waals surface area contributed by atoms with Crippen molar-refractivity contribution in [1.29, 1.82) is 0 Å². The number of nitrogens with zero attached hydrogens (tertiary/aromatic N) is 4. The summed E-state index contributed by atoms with van der Waals surface area (Å²) in [5.41, 5.74) is -3.03. The molecule has 0 N–H and O–H groups in total. The van der Waals surface area contributed by atoms with Gasteiger partial charge >= 0.3 is 24.7 Å². The highest BCUT2D eigenvalue weighted by Gasteiger charge is 2.41. The molecule has 0 amide bonds. The second-order valence-electron chi connectivity index (χ2n) is 25.8. The van der Waals surface area contributed by atoms with Crippen molar-refractivity contribution in [2.75, 3.05) is 20.3 Å². The van der Waals surface area contributed by atoms with Gasteiger partial charge in [0.25, 0.3) is 0 Å². The second-order valence-corrected chi connectivity index (χ2v) is 26.5. The van der Waals surface area contributed by atoms with Crippen LogP contribution in [0.4, 0.5) is 96.6 Å². The summed E-state index contributed by atoms with van der Waals surface area (Å²) in [5, 5.41) is 8.44. The molecule has 0 atom stereocenters. The van der Waals surface area contributed by atoms with Crippen LogP contribution in [0.3, 0.4) is 0 Å². The minimum Gasteiger partial charge on any atom is -0.497 e. The van der Waals surface area contributed by atoms with Gasteiger partial charge in [0.1, 0.15) is 50.8 Å². The molecule has 0 fully saturated rings. The van der Waals surface area contributed by atoms with Crippen molar-refractivity contribution in [2.45, 2.75) is 115 Å². The number of alkyl halides is 12. The van der Waals surface area contributed by atoms with Crippen LogP contribution in [-0.2, 0) is 34.0 Å². The van der Waals surface area contributed by atoms with Crippen LogP contribution in [-0.4, -0.2) is 67.9 Å². The lowest BCUT2D eigenvalue weighted by molar-refractivity contribution is -0.462. The Bertz CT molecular complexity index is 5030. The zero-order valence-electron chi connectivity index (χ0n) is 61.7. The second kappa shape index (κ2) is 40.0. The van der Waals surface area contributed by atoms with Crippen molar-refractivity contribution in [2.24, 2.45) is 20.1 Å². The molecule has 0 saturated carbocycles. The average molecular weight is 1670 g/mol. The predicted octanol–water partition coefficient (Wildman–Crippen LogP) is 25.1. The van der Waals surface area contributed by atoms with Gasteiger partial charge in [-0.1, -0.05) is 108 Å². The Morgan fingerprint density at radius 2 is 0.733 bits per heavy atom. The van der Waals surface area contributed by atoms with E-state index in [-0.39, 0.29) is 67.2 Å². The van der Waals surface area contributed by atoms with E-state index in [1.54, 1.807) is 30.3 Å². The molecule has 0 aromatic heterocycles. The van der Waals surface area contributed by atoms with Crippen LogP contribution in [0.1, 0.15) is 121 Å². The van der Waals surface area contributed by atoms with Crippen molar-refractivity contribution >= 4 is 45.7 Å². The number of aliphatic imine (C=N–C) groups is 3. The van der Waals surface area contributed by atoms with Crippen LogP contribution >= 0.6 is 12.0 Å². The average Bonchev–Trinajstić information content (AvgIpc) is 0.796. The van der Waals surface area contributed by atoms with E-state index >= 15 is 0 Å². The van der Waals surface area contributed by atoms with Gasteiger partial charge in [-0.15, -0.1) is 4.33 Å². The summed E-state index contributed by atoms with van der Waals surface area (Å²) < 4.78 is 324. The van der Waals surface area contributed by atoms with Crippen LogP contribution in [0.15, 0.2) is 207 Å². The summed E-state index contributed by atoms with van der Waals surface area (Å²) in [5.74, 6) is -21.3. The smallest absolute Gasteiger partial charge is 0.437 e.